The highest BCUT2D eigenvalue weighted by Gasteiger charge is 2.19. The van der Waals surface area contributed by atoms with E-state index in [-0.39, 0.29) is 5.82 Å². The summed E-state index contributed by atoms with van der Waals surface area (Å²) in [7, 11) is 0. The van der Waals surface area contributed by atoms with E-state index in [1.165, 1.54) is 12.4 Å². The standard InChI is InChI=1S/C19H14F2N4O3/c1-10-4-15-16(28-3-2-27-15)5-11(10)14-8-24-17(9-23-14)25-19(26)18-12(20)6-22-7-13(18)21/h4-9H,2-3H2,1H3,(H,24,25,26). The number of carbonyl (C=O) groups is 1. The molecule has 0 spiro atoms. The van der Waals surface area contributed by atoms with Crippen molar-refractivity contribution in [2.45, 2.75) is 6.92 Å². The second-order valence-electron chi connectivity index (χ2n) is 6.03. The predicted octanol–water partition coefficient (Wildman–Crippen LogP) is 3.15. The van der Waals surface area contributed by atoms with Crippen LogP contribution in [0.4, 0.5) is 14.6 Å². The van der Waals surface area contributed by atoms with Gasteiger partial charge in [0.15, 0.2) is 29.0 Å². The molecule has 0 bridgehead atoms. The average Bonchev–Trinajstić information content (AvgIpc) is 2.68. The zero-order chi connectivity index (χ0) is 19.7. The molecule has 9 heteroatoms. The van der Waals surface area contributed by atoms with E-state index in [1.54, 1.807) is 0 Å². The number of halogens is 2. The quantitative estimate of drug-likeness (QED) is 0.747. The normalized spacial score (nSPS) is 12.5. The van der Waals surface area contributed by atoms with Gasteiger partial charge >= 0.3 is 0 Å². The molecule has 3 heterocycles. The molecule has 3 aromatic rings. The van der Waals surface area contributed by atoms with Gasteiger partial charge in [0.25, 0.3) is 5.91 Å². The van der Waals surface area contributed by atoms with Gasteiger partial charge in [-0.05, 0) is 24.6 Å². The van der Waals surface area contributed by atoms with E-state index in [0.29, 0.717) is 30.4 Å². The lowest BCUT2D eigenvalue weighted by molar-refractivity contribution is 0.101. The summed E-state index contributed by atoms with van der Waals surface area (Å²) in [5.74, 6) is -1.75. The van der Waals surface area contributed by atoms with E-state index in [0.717, 1.165) is 23.5 Å². The zero-order valence-electron chi connectivity index (χ0n) is 14.7. The maximum atomic E-state index is 13.7. The lowest BCUT2D eigenvalue weighted by Crippen LogP contribution is -2.17. The van der Waals surface area contributed by atoms with Crippen LogP contribution in [0.25, 0.3) is 11.3 Å². The van der Waals surface area contributed by atoms with Crippen molar-refractivity contribution < 1.29 is 23.0 Å². The van der Waals surface area contributed by atoms with E-state index in [2.05, 4.69) is 20.3 Å². The fourth-order valence-corrected chi connectivity index (χ4v) is 2.81. The number of hydrogen-bond acceptors (Lipinski definition) is 6. The highest BCUT2D eigenvalue weighted by Crippen LogP contribution is 2.36. The van der Waals surface area contributed by atoms with Crippen LogP contribution in [0.5, 0.6) is 11.5 Å². The van der Waals surface area contributed by atoms with Gasteiger partial charge in [0.1, 0.15) is 18.8 Å². The van der Waals surface area contributed by atoms with Crippen LogP contribution in [-0.4, -0.2) is 34.1 Å². The number of rotatable bonds is 3. The minimum absolute atomic E-state index is 0.0551. The number of anilines is 1. The Morgan fingerprint density at radius 1 is 1.00 bits per heavy atom. The first kappa shape index (κ1) is 17.8. The van der Waals surface area contributed by atoms with Crippen LogP contribution in [0, 0.1) is 18.6 Å². The topological polar surface area (TPSA) is 86.2 Å². The molecule has 2 aromatic heterocycles. The molecule has 7 nitrogen and oxygen atoms in total. The van der Waals surface area contributed by atoms with Crippen LogP contribution in [0.15, 0.2) is 36.9 Å². The smallest absolute Gasteiger partial charge is 0.262 e. The van der Waals surface area contributed by atoms with Gasteiger partial charge in [-0.15, -0.1) is 0 Å². The molecule has 0 fully saturated rings. The molecule has 4 rings (SSSR count). The predicted molar refractivity (Wildman–Crippen MR) is 95.3 cm³/mol. The second kappa shape index (κ2) is 7.18. The third kappa shape index (κ3) is 3.34. The number of benzene rings is 1. The van der Waals surface area contributed by atoms with Crippen molar-refractivity contribution in [3.05, 3.63) is 59.7 Å². The van der Waals surface area contributed by atoms with Gasteiger partial charge in [-0.1, -0.05) is 0 Å². The fraction of sp³-hybridized carbons (Fsp3) is 0.158. The SMILES string of the molecule is Cc1cc2c(cc1-c1cnc(NC(=O)c3c(F)cncc3F)cn1)OCCO2. The van der Waals surface area contributed by atoms with Gasteiger partial charge in [-0.25, -0.2) is 13.8 Å². The number of ether oxygens (including phenoxy) is 2. The molecule has 1 N–H and O–H groups in total. The summed E-state index contributed by atoms with van der Waals surface area (Å²) in [6, 6.07) is 3.67. The molecular formula is C19H14F2N4O3. The molecule has 1 amide bonds. The van der Waals surface area contributed by atoms with Crippen LogP contribution in [0.2, 0.25) is 0 Å². The van der Waals surface area contributed by atoms with Gasteiger partial charge in [0, 0.05) is 5.56 Å². The molecule has 0 aliphatic carbocycles. The largest absolute Gasteiger partial charge is 0.486 e. The van der Waals surface area contributed by atoms with E-state index in [4.69, 9.17) is 9.47 Å². The summed E-state index contributed by atoms with van der Waals surface area (Å²) >= 11 is 0. The van der Waals surface area contributed by atoms with Gasteiger partial charge in [0.05, 0.1) is 30.5 Å². The number of nitrogens with zero attached hydrogens (tertiary/aromatic N) is 3. The van der Waals surface area contributed by atoms with Crippen molar-refractivity contribution in [3.8, 4) is 22.8 Å². The van der Waals surface area contributed by atoms with Gasteiger partial charge in [-0.2, -0.15) is 0 Å². The molecule has 28 heavy (non-hydrogen) atoms. The monoisotopic (exact) mass is 384 g/mol. The highest BCUT2D eigenvalue weighted by molar-refractivity contribution is 6.04. The maximum absolute atomic E-state index is 13.7. The fourth-order valence-electron chi connectivity index (χ4n) is 2.81. The van der Waals surface area contributed by atoms with Crippen molar-refractivity contribution in [3.63, 3.8) is 0 Å². The summed E-state index contributed by atoms with van der Waals surface area (Å²) in [6.07, 6.45) is 4.28. The lowest BCUT2D eigenvalue weighted by atomic mass is 10.0. The van der Waals surface area contributed by atoms with Gasteiger partial charge < -0.3 is 14.8 Å². The van der Waals surface area contributed by atoms with Crippen LogP contribution < -0.4 is 14.8 Å². The van der Waals surface area contributed by atoms with Crippen molar-refractivity contribution in [2.24, 2.45) is 0 Å². The number of amides is 1. The first-order valence-corrected chi connectivity index (χ1v) is 8.36. The Bertz CT molecular complexity index is 1040. The Kier molecular flexibility index (Phi) is 4.56. The minimum atomic E-state index is -1.06. The number of pyridine rings is 1. The molecule has 1 aromatic carbocycles. The van der Waals surface area contributed by atoms with Crippen molar-refractivity contribution in [1.29, 1.82) is 0 Å². The molecular weight excluding hydrogens is 370 g/mol. The Hall–Kier alpha value is -3.62. The van der Waals surface area contributed by atoms with E-state index in [1.807, 2.05) is 19.1 Å². The van der Waals surface area contributed by atoms with E-state index < -0.39 is 23.1 Å². The molecule has 0 saturated heterocycles. The molecule has 142 valence electrons. The lowest BCUT2D eigenvalue weighted by Gasteiger charge is -2.20. The summed E-state index contributed by atoms with van der Waals surface area (Å²) in [5.41, 5.74) is 1.52. The number of nitrogens with one attached hydrogen (secondary N) is 1. The number of aromatic nitrogens is 3. The summed E-state index contributed by atoms with van der Waals surface area (Å²) < 4.78 is 38.4. The highest BCUT2D eigenvalue weighted by atomic mass is 19.1. The number of hydrogen-bond donors (Lipinski definition) is 1. The first-order chi connectivity index (χ1) is 13.5. The zero-order valence-corrected chi connectivity index (χ0v) is 14.7. The molecule has 0 saturated carbocycles. The third-order valence-electron chi connectivity index (χ3n) is 4.14. The van der Waals surface area contributed by atoms with Crippen molar-refractivity contribution in [1.82, 2.24) is 15.0 Å². The van der Waals surface area contributed by atoms with Crippen LogP contribution in [0.1, 0.15) is 15.9 Å². The number of carbonyl (C=O) groups excluding carboxylic acids is 1. The molecule has 1 aliphatic rings. The van der Waals surface area contributed by atoms with Crippen molar-refractivity contribution >= 4 is 11.7 Å². The molecule has 1 aliphatic heterocycles. The van der Waals surface area contributed by atoms with Crippen molar-refractivity contribution in [2.75, 3.05) is 18.5 Å². The van der Waals surface area contributed by atoms with Crippen LogP contribution >= 0.6 is 0 Å². The van der Waals surface area contributed by atoms with E-state index in [9.17, 15) is 13.6 Å². The molecule has 0 atom stereocenters. The molecule has 0 radical (unpaired) electrons. The maximum Gasteiger partial charge on any atom is 0.262 e. The first-order valence-electron chi connectivity index (χ1n) is 8.36. The van der Waals surface area contributed by atoms with Gasteiger partial charge in [0.2, 0.25) is 0 Å². The Morgan fingerprint density at radius 3 is 2.32 bits per heavy atom. The van der Waals surface area contributed by atoms with Crippen LogP contribution in [-0.2, 0) is 0 Å². The third-order valence-corrected chi connectivity index (χ3v) is 4.14. The van der Waals surface area contributed by atoms with Gasteiger partial charge in [-0.3, -0.25) is 14.8 Å². The second-order valence-corrected chi connectivity index (χ2v) is 6.03. The Morgan fingerprint density at radius 2 is 1.68 bits per heavy atom. The summed E-state index contributed by atoms with van der Waals surface area (Å²) in [6.45, 7) is 2.87. The van der Waals surface area contributed by atoms with E-state index >= 15 is 0 Å². The Balaban J connectivity index is 1.57. The average molecular weight is 384 g/mol. The van der Waals surface area contributed by atoms with Crippen LogP contribution in [0.3, 0.4) is 0 Å². The Labute approximate surface area is 158 Å². The number of aryl methyl sites for hydroxylation is 1. The number of fused-ring (bicyclic) bond motifs is 1. The summed E-state index contributed by atoms with van der Waals surface area (Å²) in [5, 5.41) is 2.32. The minimum Gasteiger partial charge on any atom is -0.486 e. The summed E-state index contributed by atoms with van der Waals surface area (Å²) in [4.78, 5) is 23.8. The molecule has 0 unspecified atom stereocenters.